The second-order valence-corrected chi connectivity index (χ2v) is 4.83. The van der Waals surface area contributed by atoms with Gasteiger partial charge in [-0.2, -0.15) is 4.80 Å². The van der Waals surface area contributed by atoms with Crippen molar-refractivity contribution in [2.45, 2.75) is 39.3 Å². The van der Waals surface area contributed by atoms with E-state index >= 15 is 0 Å². The molecule has 1 aromatic heterocycles. The molecule has 0 fully saturated rings. The molecule has 8 nitrogen and oxygen atoms in total. The summed E-state index contributed by atoms with van der Waals surface area (Å²) in [4.78, 5) is 24.4. The number of ketones is 1. The standard InChI is InChI=1S/C10H17N5O3/c1-6(11-9(17)18-10(2,3)4)7(16)8-12-14-15(5)13-8/h6H,1-5H3,(H,11,17)/t6-/m0/s1. The monoisotopic (exact) mass is 255 g/mol. The van der Waals surface area contributed by atoms with E-state index in [0.29, 0.717) is 0 Å². The van der Waals surface area contributed by atoms with Crippen molar-refractivity contribution in [3.05, 3.63) is 5.82 Å². The van der Waals surface area contributed by atoms with E-state index in [0.717, 1.165) is 0 Å². The van der Waals surface area contributed by atoms with Gasteiger partial charge in [-0.15, -0.1) is 10.2 Å². The van der Waals surface area contributed by atoms with Crippen LogP contribution in [0.4, 0.5) is 4.79 Å². The van der Waals surface area contributed by atoms with Gasteiger partial charge in [0.2, 0.25) is 11.6 Å². The summed E-state index contributed by atoms with van der Waals surface area (Å²) in [5.74, 6) is -0.463. The molecule has 18 heavy (non-hydrogen) atoms. The lowest BCUT2D eigenvalue weighted by atomic mass is 10.2. The molecule has 1 rings (SSSR count). The lowest BCUT2D eigenvalue weighted by molar-refractivity contribution is 0.0496. The number of hydrogen-bond donors (Lipinski definition) is 1. The minimum atomic E-state index is -0.774. The number of nitrogens with one attached hydrogen (secondary N) is 1. The van der Waals surface area contributed by atoms with Gasteiger partial charge in [-0.3, -0.25) is 4.79 Å². The third-order valence-electron chi connectivity index (χ3n) is 1.86. The molecular weight excluding hydrogens is 238 g/mol. The molecule has 0 radical (unpaired) electrons. The van der Waals surface area contributed by atoms with Crippen LogP contribution in [0.25, 0.3) is 0 Å². The summed E-state index contributed by atoms with van der Waals surface area (Å²) in [6, 6.07) is -0.774. The first kappa shape index (κ1) is 14.1. The van der Waals surface area contributed by atoms with Gasteiger partial charge in [0, 0.05) is 0 Å². The number of aromatic nitrogens is 4. The molecule has 0 saturated heterocycles. The van der Waals surface area contributed by atoms with E-state index in [-0.39, 0.29) is 5.82 Å². The van der Waals surface area contributed by atoms with Crippen LogP contribution in [0, 0.1) is 0 Å². The van der Waals surface area contributed by atoms with Crippen LogP contribution < -0.4 is 5.32 Å². The smallest absolute Gasteiger partial charge is 0.408 e. The molecule has 0 bridgehead atoms. The van der Waals surface area contributed by atoms with Crippen molar-refractivity contribution in [2.75, 3.05) is 0 Å². The second kappa shape index (κ2) is 5.11. The van der Waals surface area contributed by atoms with Crippen LogP contribution in [0.5, 0.6) is 0 Å². The fraction of sp³-hybridized carbons (Fsp3) is 0.700. The molecule has 0 aliphatic carbocycles. The molecule has 8 heteroatoms. The van der Waals surface area contributed by atoms with Gasteiger partial charge in [-0.1, -0.05) is 0 Å². The van der Waals surface area contributed by atoms with Gasteiger partial charge in [-0.05, 0) is 32.9 Å². The van der Waals surface area contributed by atoms with Crippen molar-refractivity contribution >= 4 is 11.9 Å². The first-order chi connectivity index (χ1) is 8.19. The summed E-state index contributed by atoms with van der Waals surface area (Å²) >= 11 is 0. The first-order valence-electron chi connectivity index (χ1n) is 5.47. The Hall–Kier alpha value is -1.99. The van der Waals surface area contributed by atoms with E-state index in [1.807, 2.05) is 0 Å². The lowest BCUT2D eigenvalue weighted by Crippen LogP contribution is -2.42. The zero-order valence-corrected chi connectivity index (χ0v) is 11.1. The molecule has 0 aromatic carbocycles. The zero-order chi connectivity index (χ0) is 13.9. The molecule has 0 spiro atoms. The average Bonchev–Trinajstić information content (AvgIpc) is 2.60. The highest BCUT2D eigenvalue weighted by atomic mass is 16.6. The average molecular weight is 255 g/mol. The fourth-order valence-corrected chi connectivity index (χ4v) is 1.13. The van der Waals surface area contributed by atoms with Crippen LogP contribution in [-0.2, 0) is 11.8 Å². The van der Waals surface area contributed by atoms with Crippen molar-refractivity contribution in [2.24, 2.45) is 7.05 Å². The van der Waals surface area contributed by atoms with Crippen molar-refractivity contribution in [1.29, 1.82) is 0 Å². The van der Waals surface area contributed by atoms with Gasteiger partial charge in [0.25, 0.3) is 0 Å². The van der Waals surface area contributed by atoms with E-state index in [9.17, 15) is 9.59 Å². The van der Waals surface area contributed by atoms with Crippen molar-refractivity contribution in [3.8, 4) is 0 Å². The minimum absolute atomic E-state index is 0.0407. The SMILES string of the molecule is C[C@H](NC(=O)OC(C)(C)C)C(=O)c1nnn(C)n1. The Morgan fingerprint density at radius 3 is 2.44 bits per heavy atom. The largest absolute Gasteiger partial charge is 0.444 e. The third-order valence-corrected chi connectivity index (χ3v) is 1.86. The van der Waals surface area contributed by atoms with Gasteiger partial charge < -0.3 is 10.1 Å². The molecule has 1 amide bonds. The zero-order valence-electron chi connectivity index (χ0n) is 11.1. The van der Waals surface area contributed by atoms with Crippen molar-refractivity contribution in [3.63, 3.8) is 0 Å². The van der Waals surface area contributed by atoms with E-state index in [1.165, 1.54) is 11.7 Å². The van der Waals surface area contributed by atoms with Crippen LogP contribution in [0.1, 0.15) is 38.3 Å². The molecule has 0 aliphatic rings. The van der Waals surface area contributed by atoms with Gasteiger partial charge in [0.15, 0.2) is 0 Å². The maximum Gasteiger partial charge on any atom is 0.408 e. The number of amides is 1. The Morgan fingerprint density at radius 1 is 1.39 bits per heavy atom. The van der Waals surface area contributed by atoms with Gasteiger partial charge in [-0.25, -0.2) is 4.79 Å². The van der Waals surface area contributed by atoms with E-state index < -0.39 is 23.5 Å². The van der Waals surface area contributed by atoms with Crippen molar-refractivity contribution in [1.82, 2.24) is 25.5 Å². The van der Waals surface area contributed by atoms with Gasteiger partial charge >= 0.3 is 6.09 Å². The minimum Gasteiger partial charge on any atom is -0.444 e. The highest BCUT2D eigenvalue weighted by Crippen LogP contribution is 2.07. The van der Waals surface area contributed by atoms with E-state index in [2.05, 4.69) is 20.7 Å². The van der Waals surface area contributed by atoms with Crippen LogP contribution in [0.2, 0.25) is 0 Å². The Bertz CT molecular complexity index is 449. The summed E-state index contributed by atoms with van der Waals surface area (Å²) in [5, 5.41) is 13.3. The number of Topliss-reactive ketones (excluding diaryl/α,β-unsaturated/α-hetero) is 1. The van der Waals surface area contributed by atoms with Crippen LogP contribution in [-0.4, -0.2) is 43.7 Å². The molecule has 100 valence electrons. The Labute approximate surface area is 105 Å². The summed E-state index contributed by atoms with van der Waals surface area (Å²) in [7, 11) is 1.55. The highest BCUT2D eigenvalue weighted by Gasteiger charge is 2.24. The molecule has 1 heterocycles. The number of tetrazole rings is 1. The number of aryl methyl sites for hydroxylation is 1. The highest BCUT2D eigenvalue weighted by molar-refractivity contribution is 5.97. The number of nitrogens with zero attached hydrogens (tertiary/aromatic N) is 4. The first-order valence-corrected chi connectivity index (χ1v) is 5.47. The summed E-state index contributed by atoms with van der Waals surface area (Å²) in [6.45, 7) is 6.75. The molecule has 1 N–H and O–H groups in total. The number of alkyl carbamates (subject to hydrolysis) is 1. The van der Waals surface area contributed by atoms with E-state index in [1.54, 1.807) is 27.8 Å². The third kappa shape index (κ3) is 4.11. The molecule has 0 aliphatic heterocycles. The van der Waals surface area contributed by atoms with Gasteiger partial charge in [0.05, 0.1) is 13.1 Å². The number of hydrogen-bond acceptors (Lipinski definition) is 6. The topological polar surface area (TPSA) is 99.0 Å². The number of carbonyl (C=O) groups is 2. The van der Waals surface area contributed by atoms with Crippen molar-refractivity contribution < 1.29 is 14.3 Å². The Kier molecular flexibility index (Phi) is 4.00. The van der Waals surface area contributed by atoms with E-state index in [4.69, 9.17) is 4.74 Å². The Balaban J connectivity index is 2.58. The lowest BCUT2D eigenvalue weighted by Gasteiger charge is -2.21. The van der Waals surface area contributed by atoms with Crippen LogP contribution in [0.3, 0.4) is 0 Å². The quantitative estimate of drug-likeness (QED) is 0.780. The maximum absolute atomic E-state index is 11.8. The maximum atomic E-state index is 11.8. The summed E-state index contributed by atoms with van der Waals surface area (Å²) in [5.41, 5.74) is -0.613. The Morgan fingerprint density at radius 2 is 2.00 bits per heavy atom. The summed E-state index contributed by atoms with van der Waals surface area (Å²) in [6.07, 6.45) is -0.660. The number of rotatable bonds is 3. The molecular formula is C10H17N5O3. The molecule has 1 aromatic rings. The fourth-order valence-electron chi connectivity index (χ4n) is 1.13. The van der Waals surface area contributed by atoms with Gasteiger partial charge in [0.1, 0.15) is 5.60 Å². The van der Waals surface area contributed by atoms with Crippen LogP contribution in [0.15, 0.2) is 0 Å². The molecule has 0 saturated carbocycles. The number of ether oxygens (including phenoxy) is 1. The molecule has 0 unspecified atom stereocenters. The predicted octanol–water partition coefficient (Wildman–Crippen LogP) is 0.306. The normalized spacial score (nSPS) is 12.9. The second-order valence-electron chi connectivity index (χ2n) is 4.83. The predicted molar refractivity (Wildman–Crippen MR) is 62.0 cm³/mol. The van der Waals surface area contributed by atoms with Crippen LogP contribution >= 0.6 is 0 Å². The molecule has 1 atom stereocenters. The number of carbonyl (C=O) groups excluding carboxylic acids is 2. The summed E-state index contributed by atoms with van der Waals surface area (Å²) < 4.78 is 5.04.